The number of aryl methyl sites for hydroxylation is 1. The Labute approximate surface area is 175 Å². The molecule has 1 aliphatic rings. The SMILES string of the molecule is Cc1cccc(CNC(=O)c2cccnc2OC2=COC(Cc3ccccc3)O2)c1. The van der Waals surface area contributed by atoms with Crippen LogP contribution in [0.5, 0.6) is 5.88 Å². The molecule has 0 bridgehead atoms. The van der Waals surface area contributed by atoms with Crippen molar-refractivity contribution in [2.24, 2.45) is 0 Å². The van der Waals surface area contributed by atoms with Crippen LogP contribution in [0.1, 0.15) is 27.0 Å². The Morgan fingerprint density at radius 2 is 1.90 bits per heavy atom. The van der Waals surface area contributed by atoms with Crippen molar-refractivity contribution in [3.8, 4) is 5.88 Å². The van der Waals surface area contributed by atoms with Crippen LogP contribution in [0.3, 0.4) is 0 Å². The standard InChI is InChI=1S/C24H22N2O4/c1-17-7-5-10-19(13-17)15-26-23(27)20-11-6-12-25-24(20)30-22-16-28-21(29-22)14-18-8-3-2-4-9-18/h2-13,16,21H,14-15H2,1H3,(H,26,27). The summed E-state index contributed by atoms with van der Waals surface area (Å²) in [6.07, 6.45) is 3.06. The zero-order valence-electron chi connectivity index (χ0n) is 16.6. The first-order chi connectivity index (χ1) is 14.7. The molecule has 0 aliphatic carbocycles. The van der Waals surface area contributed by atoms with Gasteiger partial charge in [0, 0.05) is 19.2 Å². The summed E-state index contributed by atoms with van der Waals surface area (Å²) < 4.78 is 16.9. The number of pyridine rings is 1. The number of benzene rings is 2. The first-order valence-corrected chi connectivity index (χ1v) is 9.70. The second-order valence-electron chi connectivity index (χ2n) is 6.94. The van der Waals surface area contributed by atoms with Crippen LogP contribution in [-0.4, -0.2) is 17.2 Å². The van der Waals surface area contributed by atoms with Crippen molar-refractivity contribution in [1.29, 1.82) is 0 Å². The zero-order valence-corrected chi connectivity index (χ0v) is 16.6. The van der Waals surface area contributed by atoms with E-state index in [4.69, 9.17) is 14.2 Å². The maximum atomic E-state index is 12.7. The number of hydrogen-bond acceptors (Lipinski definition) is 5. The number of nitrogens with zero attached hydrogens (tertiary/aromatic N) is 1. The van der Waals surface area contributed by atoms with Crippen LogP contribution in [0.15, 0.2) is 85.1 Å². The van der Waals surface area contributed by atoms with Gasteiger partial charge < -0.3 is 19.5 Å². The van der Waals surface area contributed by atoms with E-state index in [2.05, 4.69) is 10.3 Å². The molecule has 152 valence electrons. The van der Waals surface area contributed by atoms with Gasteiger partial charge in [-0.2, -0.15) is 0 Å². The fourth-order valence-corrected chi connectivity index (χ4v) is 3.10. The second-order valence-corrected chi connectivity index (χ2v) is 6.94. The highest BCUT2D eigenvalue weighted by molar-refractivity contribution is 5.96. The third-order valence-corrected chi connectivity index (χ3v) is 4.56. The summed E-state index contributed by atoms with van der Waals surface area (Å²) in [5.74, 6) is 0.0526. The molecule has 6 heteroatoms. The summed E-state index contributed by atoms with van der Waals surface area (Å²) >= 11 is 0. The summed E-state index contributed by atoms with van der Waals surface area (Å²) in [6.45, 7) is 2.43. The van der Waals surface area contributed by atoms with Crippen LogP contribution in [-0.2, 0) is 22.4 Å². The molecule has 1 unspecified atom stereocenters. The molecule has 1 aliphatic heterocycles. The summed E-state index contributed by atoms with van der Waals surface area (Å²) in [4.78, 5) is 16.9. The highest BCUT2D eigenvalue weighted by Crippen LogP contribution is 2.23. The molecule has 1 amide bonds. The number of rotatable bonds is 7. The van der Waals surface area contributed by atoms with E-state index in [-0.39, 0.29) is 17.7 Å². The topological polar surface area (TPSA) is 69.7 Å². The molecule has 2 heterocycles. The van der Waals surface area contributed by atoms with Crippen LogP contribution < -0.4 is 10.1 Å². The third-order valence-electron chi connectivity index (χ3n) is 4.56. The lowest BCUT2D eigenvalue weighted by molar-refractivity contribution is -0.0525. The third kappa shape index (κ3) is 4.97. The monoisotopic (exact) mass is 402 g/mol. The summed E-state index contributed by atoms with van der Waals surface area (Å²) in [5.41, 5.74) is 3.57. The number of carbonyl (C=O) groups is 1. The lowest BCUT2D eigenvalue weighted by atomic mass is 10.1. The Balaban J connectivity index is 1.37. The van der Waals surface area contributed by atoms with E-state index in [0.717, 1.165) is 16.7 Å². The van der Waals surface area contributed by atoms with Gasteiger partial charge in [-0.15, -0.1) is 0 Å². The molecule has 0 saturated carbocycles. The molecule has 1 N–H and O–H groups in total. The molecule has 1 atom stereocenters. The van der Waals surface area contributed by atoms with Crippen molar-refractivity contribution < 1.29 is 19.0 Å². The molecule has 6 nitrogen and oxygen atoms in total. The average Bonchev–Trinajstić information content (AvgIpc) is 3.20. The molecule has 2 aromatic carbocycles. The maximum absolute atomic E-state index is 12.7. The number of hydrogen-bond donors (Lipinski definition) is 1. The van der Waals surface area contributed by atoms with Gasteiger partial charge in [-0.3, -0.25) is 4.79 Å². The van der Waals surface area contributed by atoms with E-state index < -0.39 is 6.29 Å². The van der Waals surface area contributed by atoms with E-state index in [1.807, 2.05) is 61.5 Å². The Morgan fingerprint density at radius 3 is 2.73 bits per heavy atom. The first kappa shape index (κ1) is 19.5. The van der Waals surface area contributed by atoms with E-state index in [0.29, 0.717) is 18.5 Å². The van der Waals surface area contributed by atoms with Crippen molar-refractivity contribution in [2.75, 3.05) is 0 Å². The van der Waals surface area contributed by atoms with Gasteiger partial charge in [0.1, 0.15) is 5.56 Å². The number of amides is 1. The molecule has 0 fully saturated rings. The summed E-state index contributed by atoms with van der Waals surface area (Å²) in [6, 6.07) is 21.2. The Bertz CT molecular complexity index is 1050. The smallest absolute Gasteiger partial charge is 0.325 e. The van der Waals surface area contributed by atoms with Crippen molar-refractivity contribution in [1.82, 2.24) is 10.3 Å². The molecular formula is C24H22N2O4. The molecule has 0 radical (unpaired) electrons. The molecule has 30 heavy (non-hydrogen) atoms. The van der Waals surface area contributed by atoms with Gasteiger partial charge in [-0.05, 0) is 30.2 Å². The van der Waals surface area contributed by atoms with Gasteiger partial charge in [0.25, 0.3) is 5.91 Å². The van der Waals surface area contributed by atoms with Gasteiger partial charge in [-0.25, -0.2) is 4.98 Å². The maximum Gasteiger partial charge on any atom is 0.325 e. The highest BCUT2D eigenvalue weighted by Gasteiger charge is 2.24. The predicted octanol–water partition coefficient (Wildman–Crippen LogP) is 4.11. The second kappa shape index (κ2) is 9.13. The number of ether oxygens (including phenoxy) is 3. The van der Waals surface area contributed by atoms with E-state index in [9.17, 15) is 4.79 Å². The number of aromatic nitrogens is 1. The summed E-state index contributed by atoms with van der Waals surface area (Å²) in [7, 11) is 0. The Kier molecular flexibility index (Phi) is 5.94. The lowest BCUT2D eigenvalue weighted by Gasteiger charge is -2.13. The number of nitrogens with one attached hydrogen (secondary N) is 1. The lowest BCUT2D eigenvalue weighted by Crippen LogP contribution is -2.24. The van der Waals surface area contributed by atoms with E-state index >= 15 is 0 Å². The van der Waals surface area contributed by atoms with Gasteiger partial charge >= 0.3 is 5.95 Å². The van der Waals surface area contributed by atoms with Crippen molar-refractivity contribution in [2.45, 2.75) is 26.2 Å². The molecular weight excluding hydrogens is 380 g/mol. The molecule has 0 spiro atoms. The van der Waals surface area contributed by atoms with Crippen LogP contribution in [0, 0.1) is 6.92 Å². The quantitative estimate of drug-likeness (QED) is 0.644. The van der Waals surface area contributed by atoms with E-state index in [1.54, 1.807) is 18.3 Å². The fourth-order valence-electron chi connectivity index (χ4n) is 3.10. The van der Waals surface area contributed by atoms with Crippen LogP contribution in [0.25, 0.3) is 0 Å². The molecule has 1 aromatic heterocycles. The largest absolute Gasteiger partial charge is 0.455 e. The minimum Gasteiger partial charge on any atom is -0.455 e. The minimum absolute atomic E-state index is 0.162. The van der Waals surface area contributed by atoms with Gasteiger partial charge in [0.05, 0.1) is 0 Å². The van der Waals surface area contributed by atoms with Gasteiger partial charge in [0.15, 0.2) is 6.26 Å². The molecule has 0 saturated heterocycles. The fraction of sp³-hybridized carbons (Fsp3) is 0.167. The average molecular weight is 402 g/mol. The van der Waals surface area contributed by atoms with Gasteiger partial charge in [-0.1, -0.05) is 60.2 Å². The molecule has 4 rings (SSSR count). The summed E-state index contributed by atoms with van der Waals surface area (Å²) in [5, 5.41) is 2.90. The first-order valence-electron chi connectivity index (χ1n) is 9.70. The Hall–Kier alpha value is -3.80. The van der Waals surface area contributed by atoms with Crippen molar-refractivity contribution in [3.63, 3.8) is 0 Å². The van der Waals surface area contributed by atoms with E-state index in [1.165, 1.54) is 6.26 Å². The van der Waals surface area contributed by atoms with Crippen LogP contribution in [0.2, 0.25) is 0 Å². The number of carbonyl (C=O) groups excluding carboxylic acids is 1. The van der Waals surface area contributed by atoms with Crippen LogP contribution >= 0.6 is 0 Å². The normalized spacial score (nSPS) is 15.0. The zero-order chi connectivity index (χ0) is 20.8. The Morgan fingerprint density at radius 1 is 1.07 bits per heavy atom. The highest BCUT2D eigenvalue weighted by atomic mass is 16.8. The van der Waals surface area contributed by atoms with Crippen LogP contribution in [0.4, 0.5) is 0 Å². The van der Waals surface area contributed by atoms with Crippen molar-refractivity contribution >= 4 is 5.91 Å². The van der Waals surface area contributed by atoms with Crippen molar-refractivity contribution in [3.05, 3.63) is 107 Å². The predicted molar refractivity (Wildman–Crippen MR) is 111 cm³/mol. The minimum atomic E-state index is -0.482. The molecule has 3 aromatic rings. The van der Waals surface area contributed by atoms with Gasteiger partial charge in [0.2, 0.25) is 12.2 Å².